The minimum absolute atomic E-state index is 0.110. The molecule has 1 aliphatic rings. The largest absolute Gasteiger partial charge is 0.340 e. The first-order chi connectivity index (χ1) is 6.25. The van der Waals surface area contributed by atoms with Crippen molar-refractivity contribution in [2.45, 2.75) is 12.5 Å². The third-order valence-corrected chi connectivity index (χ3v) is 3.02. The Morgan fingerprint density at radius 3 is 3.08 bits per heavy atom. The lowest BCUT2D eigenvalue weighted by atomic mass is 10.3. The third-order valence-electron chi connectivity index (χ3n) is 2.08. The van der Waals surface area contributed by atoms with Crippen molar-refractivity contribution in [2.75, 3.05) is 24.6 Å². The van der Waals surface area contributed by atoms with E-state index >= 15 is 0 Å². The van der Waals surface area contributed by atoms with Crippen LogP contribution in [0.25, 0.3) is 0 Å². The summed E-state index contributed by atoms with van der Waals surface area (Å²) in [5, 5.41) is 0. The van der Waals surface area contributed by atoms with Crippen LogP contribution in [0.15, 0.2) is 12.7 Å². The van der Waals surface area contributed by atoms with Gasteiger partial charge in [-0.25, -0.2) is 0 Å². The number of thioether (sulfide) groups is 1. The summed E-state index contributed by atoms with van der Waals surface area (Å²) in [6.45, 7) is 5.29. The molecule has 0 aliphatic carbocycles. The topological polar surface area (TPSA) is 46.3 Å². The highest BCUT2D eigenvalue weighted by Crippen LogP contribution is 2.10. The Morgan fingerprint density at radius 2 is 2.54 bits per heavy atom. The Hall–Kier alpha value is -0.480. The molecule has 2 N–H and O–H groups in total. The number of nitrogens with two attached hydrogens (primary N) is 1. The van der Waals surface area contributed by atoms with E-state index in [2.05, 4.69) is 6.58 Å². The van der Waals surface area contributed by atoms with Crippen LogP contribution in [0.4, 0.5) is 0 Å². The average molecular weight is 200 g/mol. The molecule has 0 bridgehead atoms. The number of hydrogen-bond donors (Lipinski definition) is 1. The molecule has 0 aromatic heterocycles. The van der Waals surface area contributed by atoms with Gasteiger partial charge < -0.3 is 10.6 Å². The van der Waals surface area contributed by atoms with Gasteiger partial charge in [-0.15, -0.1) is 6.58 Å². The number of likely N-dealkylation sites (tertiary alicyclic amines) is 1. The van der Waals surface area contributed by atoms with Crippen molar-refractivity contribution in [2.24, 2.45) is 5.73 Å². The second-order valence-corrected chi connectivity index (χ2v) is 4.23. The lowest BCUT2D eigenvalue weighted by molar-refractivity contribution is -0.128. The number of amides is 1. The van der Waals surface area contributed by atoms with Crippen molar-refractivity contribution < 1.29 is 4.79 Å². The fraction of sp³-hybridized carbons (Fsp3) is 0.667. The number of carbonyl (C=O) groups is 1. The standard InChI is InChI=1S/C9H16N2OS/c1-2-6-13-7-5-11-4-3-8(10)9(11)12/h2,8H,1,3-7,10H2. The van der Waals surface area contributed by atoms with Gasteiger partial charge in [0.15, 0.2) is 0 Å². The maximum absolute atomic E-state index is 11.3. The first-order valence-electron chi connectivity index (χ1n) is 4.48. The molecular formula is C9H16N2OS. The summed E-state index contributed by atoms with van der Waals surface area (Å²) in [7, 11) is 0. The monoisotopic (exact) mass is 200 g/mol. The van der Waals surface area contributed by atoms with E-state index in [1.54, 1.807) is 11.8 Å². The fourth-order valence-corrected chi connectivity index (χ4v) is 2.01. The van der Waals surface area contributed by atoms with Crippen molar-refractivity contribution in [1.29, 1.82) is 0 Å². The Balaban J connectivity index is 2.15. The van der Waals surface area contributed by atoms with Crippen LogP contribution in [0.3, 0.4) is 0 Å². The summed E-state index contributed by atoms with van der Waals surface area (Å²) in [5.74, 6) is 2.04. The molecule has 1 rings (SSSR count). The van der Waals surface area contributed by atoms with E-state index in [1.165, 1.54) is 0 Å². The Morgan fingerprint density at radius 1 is 1.77 bits per heavy atom. The quantitative estimate of drug-likeness (QED) is 0.518. The van der Waals surface area contributed by atoms with Crippen LogP contribution >= 0.6 is 11.8 Å². The summed E-state index contributed by atoms with van der Waals surface area (Å²) in [4.78, 5) is 13.2. The van der Waals surface area contributed by atoms with Gasteiger partial charge in [-0.2, -0.15) is 11.8 Å². The van der Waals surface area contributed by atoms with Crippen molar-refractivity contribution >= 4 is 17.7 Å². The summed E-state index contributed by atoms with van der Waals surface area (Å²) in [5.41, 5.74) is 5.58. The second-order valence-electron chi connectivity index (χ2n) is 3.08. The fourth-order valence-electron chi connectivity index (χ4n) is 1.33. The van der Waals surface area contributed by atoms with E-state index in [0.717, 1.165) is 31.0 Å². The van der Waals surface area contributed by atoms with E-state index < -0.39 is 0 Å². The third kappa shape index (κ3) is 3.04. The van der Waals surface area contributed by atoms with Crippen LogP contribution in [0.1, 0.15) is 6.42 Å². The van der Waals surface area contributed by atoms with Crippen LogP contribution in [0.5, 0.6) is 0 Å². The predicted octanol–water partition coefficient (Wildman–Crippen LogP) is 0.465. The van der Waals surface area contributed by atoms with Gasteiger partial charge in [-0.3, -0.25) is 4.79 Å². The Kier molecular flexibility index (Phi) is 4.32. The Bertz CT molecular complexity index is 196. The SMILES string of the molecule is C=CCSCCN1CCC(N)C1=O. The number of rotatable bonds is 5. The average Bonchev–Trinajstić information content (AvgIpc) is 2.43. The minimum Gasteiger partial charge on any atom is -0.340 e. The number of nitrogens with zero attached hydrogens (tertiary/aromatic N) is 1. The second kappa shape index (κ2) is 5.29. The zero-order valence-electron chi connectivity index (χ0n) is 7.74. The van der Waals surface area contributed by atoms with Gasteiger partial charge in [0.1, 0.15) is 0 Å². The zero-order chi connectivity index (χ0) is 9.68. The molecule has 1 atom stereocenters. The van der Waals surface area contributed by atoms with E-state index in [-0.39, 0.29) is 11.9 Å². The molecule has 1 unspecified atom stereocenters. The minimum atomic E-state index is -0.246. The lowest BCUT2D eigenvalue weighted by Crippen LogP contribution is -2.35. The first-order valence-corrected chi connectivity index (χ1v) is 5.64. The molecule has 0 aromatic rings. The molecule has 1 aliphatic heterocycles. The molecular weight excluding hydrogens is 184 g/mol. The molecule has 74 valence electrons. The number of hydrogen-bond acceptors (Lipinski definition) is 3. The molecule has 1 fully saturated rings. The van der Waals surface area contributed by atoms with Crippen LogP contribution in [-0.2, 0) is 4.79 Å². The van der Waals surface area contributed by atoms with Gasteiger partial charge in [0.2, 0.25) is 5.91 Å². The van der Waals surface area contributed by atoms with Crippen molar-refractivity contribution in [3.63, 3.8) is 0 Å². The van der Waals surface area contributed by atoms with Crippen molar-refractivity contribution in [3.8, 4) is 0 Å². The maximum Gasteiger partial charge on any atom is 0.239 e. The van der Waals surface area contributed by atoms with Crippen LogP contribution in [-0.4, -0.2) is 41.4 Å². The summed E-state index contributed by atoms with van der Waals surface area (Å²) in [6, 6.07) is -0.246. The highest BCUT2D eigenvalue weighted by molar-refractivity contribution is 7.99. The molecule has 1 heterocycles. The molecule has 4 heteroatoms. The normalized spacial score (nSPS) is 22.4. The van der Waals surface area contributed by atoms with Crippen LogP contribution in [0, 0.1) is 0 Å². The van der Waals surface area contributed by atoms with Gasteiger partial charge >= 0.3 is 0 Å². The highest BCUT2D eigenvalue weighted by Gasteiger charge is 2.27. The van der Waals surface area contributed by atoms with Gasteiger partial charge in [0.05, 0.1) is 6.04 Å². The van der Waals surface area contributed by atoms with Gasteiger partial charge in [-0.05, 0) is 6.42 Å². The Labute approximate surface area is 83.3 Å². The van der Waals surface area contributed by atoms with E-state index in [9.17, 15) is 4.79 Å². The van der Waals surface area contributed by atoms with E-state index in [1.807, 2.05) is 11.0 Å². The lowest BCUT2D eigenvalue weighted by Gasteiger charge is -2.14. The molecule has 13 heavy (non-hydrogen) atoms. The van der Waals surface area contributed by atoms with E-state index in [4.69, 9.17) is 5.73 Å². The molecule has 1 saturated heterocycles. The molecule has 1 amide bonds. The molecule has 0 saturated carbocycles. The maximum atomic E-state index is 11.3. The summed E-state index contributed by atoms with van der Waals surface area (Å²) >= 11 is 1.79. The van der Waals surface area contributed by atoms with Crippen LogP contribution in [0.2, 0.25) is 0 Å². The van der Waals surface area contributed by atoms with Gasteiger partial charge in [-0.1, -0.05) is 6.08 Å². The summed E-state index contributed by atoms with van der Waals surface area (Å²) in [6.07, 6.45) is 2.69. The molecule has 0 spiro atoms. The first kappa shape index (κ1) is 10.6. The molecule has 0 aromatic carbocycles. The highest BCUT2D eigenvalue weighted by atomic mass is 32.2. The van der Waals surface area contributed by atoms with Crippen molar-refractivity contribution in [1.82, 2.24) is 4.90 Å². The zero-order valence-corrected chi connectivity index (χ0v) is 8.55. The predicted molar refractivity (Wildman–Crippen MR) is 56.7 cm³/mol. The molecule has 0 radical (unpaired) electrons. The van der Waals surface area contributed by atoms with Gasteiger partial charge in [0, 0.05) is 24.6 Å². The van der Waals surface area contributed by atoms with E-state index in [0.29, 0.717) is 0 Å². The molecule has 3 nitrogen and oxygen atoms in total. The number of carbonyl (C=O) groups excluding carboxylic acids is 1. The van der Waals surface area contributed by atoms with Crippen LogP contribution < -0.4 is 5.73 Å². The summed E-state index contributed by atoms with van der Waals surface area (Å²) < 4.78 is 0. The smallest absolute Gasteiger partial charge is 0.239 e. The van der Waals surface area contributed by atoms with Crippen molar-refractivity contribution in [3.05, 3.63) is 12.7 Å². The van der Waals surface area contributed by atoms with Gasteiger partial charge in [0.25, 0.3) is 0 Å².